The highest BCUT2D eigenvalue weighted by Gasteiger charge is 2.27. The Morgan fingerprint density at radius 3 is 1.69 bits per heavy atom. The predicted molar refractivity (Wildman–Crippen MR) is 92.0 cm³/mol. The van der Waals surface area contributed by atoms with Crippen molar-refractivity contribution in [2.45, 2.75) is 12.5 Å². The number of hydrogen-bond acceptors (Lipinski definition) is 9. The van der Waals surface area contributed by atoms with Crippen LogP contribution in [0.15, 0.2) is 36.4 Å². The zero-order valence-corrected chi connectivity index (χ0v) is 14.4. The molecule has 0 spiro atoms. The molecule has 0 saturated heterocycles. The molecular formula is C18H14O11. The molecule has 5 N–H and O–H groups in total. The summed E-state index contributed by atoms with van der Waals surface area (Å²) in [6.45, 7) is 0. The molecule has 0 aromatic heterocycles. The van der Waals surface area contributed by atoms with Gasteiger partial charge >= 0.3 is 23.9 Å². The number of para-hydroxylation sites is 2. The highest BCUT2D eigenvalue weighted by Crippen LogP contribution is 2.32. The second kappa shape index (κ2) is 8.71. The average Bonchev–Trinajstić information content (AvgIpc) is 2.64. The van der Waals surface area contributed by atoms with Crippen molar-refractivity contribution in [3.8, 4) is 23.0 Å². The first-order chi connectivity index (χ1) is 13.6. The number of hydrogen-bond donors (Lipinski definition) is 5. The van der Waals surface area contributed by atoms with Crippen LogP contribution in [0.1, 0.15) is 27.1 Å². The number of carboxylic acids is 2. The van der Waals surface area contributed by atoms with Crippen LogP contribution in [-0.2, 0) is 9.59 Å². The van der Waals surface area contributed by atoms with Crippen molar-refractivity contribution in [3.05, 3.63) is 47.5 Å². The van der Waals surface area contributed by atoms with Crippen LogP contribution in [0.25, 0.3) is 0 Å². The highest BCUT2D eigenvalue weighted by atomic mass is 16.6. The van der Waals surface area contributed by atoms with Gasteiger partial charge in [0, 0.05) is 0 Å². The standard InChI is InChI=1S/C18H14O11/c19-10-5-1-3-8(16(23)24)14(10)28-13(22)7-12(21)18(27)29-15-9(17(25)26)4-2-6-11(15)20/h1-6,12,19-21H,7H2,(H,23,24)(H,25,26). The first kappa shape index (κ1) is 21.2. The SMILES string of the molecule is O=C(CC(O)C(=O)Oc1c(O)cccc1C(=O)O)Oc1c(O)cccc1C(=O)O. The first-order valence-corrected chi connectivity index (χ1v) is 7.82. The van der Waals surface area contributed by atoms with Gasteiger partial charge in [-0.05, 0) is 24.3 Å². The van der Waals surface area contributed by atoms with E-state index in [1.54, 1.807) is 0 Å². The lowest BCUT2D eigenvalue weighted by Gasteiger charge is -2.13. The Balaban J connectivity index is 2.11. The van der Waals surface area contributed by atoms with Crippen LogP contribution in [0, 0.1) is 0 Å². The van der Waals surface area contributed by atoms with Gasteiger partial charge in [0.25, 0.3) is 0 Å². The van der Waals surface area contributed by atoms with E-state index >= 15 is 0 Å². The zero-order valence-electron chi connectivity index (χ0n) is 14.4. The molecule has 0 fully saturated rings. The maximum absolute atomic E-state index is 11.9. The molecule has 0 aliphatic carbocycles. The molecule has 11 nitrogen and oxygen atoms in total. The average molecular weight is 406 g/mol. The molecule has 0 saturated carbocycles. The number of esters is 2. The molecule has 2 aromatic carbocycles. The smallest absolute Gasteiger partial charge is 0.341 e. The number of phenols is 2. The van der Waals surface area contributed by atoms with Crippen LogP contribution in [-0.4, -0.2) is 55.5 Å². The molecule has 2 aromatic rings. The Morgan fingerprint density at radius 2 is 1.24 bits per heavy atom. The van der Waals surface area contributed by atoms with Gasteiger partial charge in [0.1, 0.15) is 11.1 Å². The molecule has 0 aliphatic rings. The van der Waals surface area contributed by atoms with Crippen LogP contribution in [0.4, 0.5) is 0 Å². The molecule has 11 heteroatoms. The maximum Gasteiger partial charge on any atom is 0.341 e. The Bertz CT molecular complexity index is 980. The van der Waals surface area contributed by atoms with Gasteiger partial charge in [-0.15, -0.1) is 0 Å². The number of aliphatic hydroxyl groups is 1. The number of carbonyl (C=O) groups excluding carboxylic acids is 2. The molecular weight excluding hydrogens is 392 g/mol. The van der Waals surface area contributed by atoms with Crippen molar-refractivity contribution >= 4 is 23.9 Å². The number of aliphatic hydroxyl groups excluding tert-OH is 1. The Labute approximate surface area is 162 Å². The lowest BCUT2D eigenvalue weighted by atomic mass is 10.2. The number of carboxylic acid groups (broad SMARTS) is 2. The van der Waals surface area contributed by atoms with Gasteiger partial charge < -0.3 is 35.0 Å². The summed E-state index contributed by atoms with van der Waals surface area (Å²) < 4.78 is 9.38. The Morgan fingerprint density at radius 1 is 0.793 bits per heavy atom. The van der Waals surface area contributed by atoms with Crippen molar-refractivity contribution in [2.75, 3.05) is 0 Å². The maximum atomic E-state index is 11.9. The van der Waals surface area contributed by atoms with E-state index in [1.165, 1.54) is 12.1 Å². The summed E-state index contributed by atoms with van der Waals surface area (Å²) in [7, 11) is 0. The van der Waals surface area contributed by atoms with E-state index in [0.29, 0.717) is 0 Å². The van der Waals surface area contributed by atoms with Gasteiger partial charge in [-0.2, -0.15) is 0 Å². The second-order valence-corrected chi connectivity index (χ2v) is 5.53. The summed E-state index contributed by atoms with van der Waals surface area (Å²) in [6, 6.07) is 6.59. The van der Waals surface area contributed by atoms with Crippen molar-refractivity contribution in [1.82, 2.24) is 0 Å². The largest absolute Gasteiger partial charge is 0.504 e. The number of aromatic hydroxyl groups is 2. The minimum atomic E-state index is -2.14. The fraction of sp³-hybridized carbons (Fsp3) is 0.111. The first-order valence-electron chi connectivity index (χ1n) is 7.82. The summed E-state index contributed by atoms with van der Waals surface area (Å²) in [5.74, 6) is -8.52. The summed E-state index contributed by atoms with van der Waals surface area (Å²) in [6.07, 6.45) is -3.15. The minimum absolute atomic E-state index is 0.532. The monoisotopic (exact) mass is 406 g/mol. The van der Waals surface area contributed by atoms with Gasteiger partial charge in [-0.25, -0.2) is 14.4 Å². The second-order valence-electron chi connectivity index (χ2n) is 5.53. The minimum Gasteiger partial charge on any atom is -0.504 e. The van der Waals surface area contributed by atoms with Crippen molar-refractivity contribution in [1.29, 1.82) is 0 Å². The molecule has 0 amide bonds. The van der Waals surface area contributed by atoms with Gasteiger partial charge in [0.2, 0.25) is 0 Å². The van der Waals surface area contributed by atoms with Crippen LogP contribution < -0.4 is 9.47 Å². The van der Waals surface area contributed by atoms with Crippen molar-refractivity contribution < 1.29 is 54.2 Å². The van der Waals surface area contributed by atoms with Crippen molar-refractivity contribution in [2.24, 2.45) is 0 Å². The third-order valence-corrected chi connectivity index (χ3v) is 3.50. The van der Waals surface area contributed by atoms with E-state index in [1.807, 2.05) is 0 Å². The van der Waals surface area contributed by atoms with Crippen molar-refractivity contribution in [3.63, 3.8) is 0 Å². The van der Waals surface area contributed by atoms with Gasteiger partial charge in [0.05, 0.1) is 6.42 Å². The third-order valence-electron chi connectivity index (χ3n) is 3.50. The van der Waals surface area contributed by atoms with Crippen LogP contribution in [0.3, 0.4) is 0 Å². The fourth-order valence-corrected chi connectivity index (χ4v) is 2.17. The number of carbonyl (C=O) groups is 4. The van der Waals surface area contributed by atoms with Crippen LogP contribution >= 0.6 is 0 Å². The summed E-state index contributed by atoms with van der Waals surface area (Å²) >= 11 is 0. The van der Waals surface area contributed by atoms with E-state index in [0.717, 1.165) is 24.3 Å². The zero-order chi connectivity index (χ0) is 21.7. The van der Waals surface area contributed by atoms with Crippen LogP contribution in [0.2, 0.25) is 0 Å². The number of ether oxygens (including phenoxy) is 2. The molecule has 2 rings (SSSR count). The molecule has 1 atom stereocenters. The summed E-state index contributed by atoms with van der Waals surface area (Å²) in [5, 5.41) is 47.2. The normalized spacial score (nSPS) is 11.3. The summed E-state index contributed by atoms with van der Waals surface area (Å²) in [4.78, 5) is 46.1. The van der Waals surface area contributed by atoms with Crippen LogP contribution in [0.5, 0.6) is 23.0 Å². The lowest BCUT2D eigenvalue weighted by molar-refractivity contribution is -0.150. The topological polar surface area (TPSA) is 188 Å². The molecule has 0 bridgehead atoms. The van der Waals surface area contributed by atoms with E-state index in [2.05, 4.69) is 4.74 Å². The quantitative estimate of drug-likeness (QED) is 0.322. The number of phenolic OH excluding ortho intramolecular Hbond substituents is 2. The molecule has 0 heterocycles. The highest BCUT2D eigenvalue weighted by molar-refractivity contribution is 5.95. The number of benzene rings is 2. The lowest BCUT2D eigenvalue weighted by Crippen LogP contribution is -2.30. The molecule has 0 aliphatic heterocycles. The summed E-state index contributed by atoms with van der Waals surface area (Å²) in [5.41, 5.74) is -1.09. The van der Waals surface area contributed by atoms with Gasteiger partial charge in [0.15, 0.2) is 29.1 Å². The molecule has 29 heavy (non-hydrogen) atoms. The number of aromatic carboxylic acids is 2. The van der Waals surface area contributed by atoms with Gasteiger partial charge in [-0.1, -0.05) is 12.1 Å². The molecule has 0 radical (unpaired) electrons. The predicted octanol–water partition coefficient (Wildman–Crippen LogP) is 0.756. The molecule has 152 valence electrons. The van der Waals surface area contributed by atoms with E-state index in [9.17, 15) is 34.5 Å². The van der Waals surface area contributed by atoms with E-state index in [-0.39, 0.29) is 0 Å². The third kappa shape index (κ3) is 4.99. The van der Waals surface area contributed by atoms with E-state index in [4.69, 9.17) is 14.9 Å². The fourth-order valence-electron chi connectivity index (χ4n) is 2.17. The van der Waals surface area contributed by atoms with Gasteiger partial charge in [-0.3, -0.25) is 4.79 Å². The van der Waals surface area contributed by atoms with E-state index < -0.39 is 70.5 Å². The Hall–Kier alpha value is -4.12. The number of rotatable bonds is 7. The molecule has 1 unspecified atom stereocenters. The Kier molecular flexibility index (Phi) is 6.36.